The van der Waals surface area contributed by atoms with Crippen molar-refractivity contribution in [2.45, 2.75) is 0 Å². The second-order valence-electron chi connectivity index (χ2n) is 13.7. The lowest BCUT2D eigenvalue weighted by Crippen LogP contribution is -1.95. The first-order valence-corrected chi connectivity index (χ1v) is 18.5. The standard InChI is InChI=1S/C51H34N4/c1-4-16-35(17-5-1)42-32-43(38-22-14-24-40(30-38)49-48(36-18-6-2-7-19-36)52-45-26-10-11-27-46(45)53-49)34-44(33-42)39-23-15-25-41(31-39)51-50(37-20-8-3-9-21-37)54-47-28-12-13-29-55(47)51/h1-34H. The zero-order valence-corrected chi connectivity index (χ0v) is 29.9. The Labute approximate surface area is 319 Å². The molecular formula is C51H34N4. The number of aromatic nitrogens is 4. The van der Waals surface area contributed by atoms with Crippen molar-refractivity contribution in [3.8, 4) is 78.4 Å². The summed E-state index contributed by atoms with van der Waals surface area (Å²) in [7, 11) is 0. The van der Waals surface area contributed by atoms with E-state index in [1.807, 2.05) is 42.5 Å². The van der Waals surface area contributed by atoms with Gasteiger partial charge in [0.1, 0.15) is 5.65 Å². The normalized spacial score (nSPS) is 11.3. The molecule has 0 atom stereocenters. The minimum atomic E-state index is 0.862. The number of para-hydroxylation sites is 2. The monoisotopic (exact) mass is 702 g/mol. The van der Waals surface area contributed by atoms with Crippen molar-refractivity contribution in [3.63, 3.8) is 0 Å². The van der Waals surface area contributed by atoms with Gasteiger partial charge >= 0.3 is 0 Å². The van der Waals surface area contributed by atoms with E-state index < -0.39 is 0 Å². The van der Waals surface area contributed by atoms with E-state index in [0.717, 1.165) is 95.1 Å². The molecule has 7 aromatic carbocycles. The van der Waals surface area contributed by atoms with E-state index >= 15 is 0 Å². The van der Waals surface area contributed by atoms with Crippen molar-refractivity contribution in [3.05, 3.63) is 206 Å². The first-order valence-electron chi connectivity index (χ1n) is 18.5. The topological polar surface area (TPSA) is 43.1 Å². The van der Waals surface area contributed by atoms with Crippen LogP contribution in [0, 0.1) is 0 Å². The van der Waals surface area contributed by atoms with Gasteiger partial charge in [-0.3, -0.25) is 4.40 Å². The number of fused-ring (bicyclic) bond motifs is 2. The first-order chi connectivity index (χ1) is 27.2. The predicted molar refractivity (Wildman–Crippen MR) is 226 cm³/mol. The molecule has 10 rings (SSSR count). The Kier molecular flexibility index (Phi) is 8.12. The summed E-state index contributed by atoms with van der Waals surface area (Å²) in [5.41, 5.74) is 17.5. The van der Waals surface area contributed by atoms with Crippen LogP contribution in [0.15, 0.2) is 206 Å². The van der Waals surface area contributed by atoms with Crippen molar-refractivity contribution in [2.24, 2.45) is 0 Å². The van der Waals surface area contributed by atoms with E-state index in [4.69, 9.17) is 15.0 Å². The molecule has 0 unspecified atom stereocenters. The summed E-state index contributed by atoms with van der Waals surface area (Å²) in [6.07, 6.45) is 2.10. The van der Waals surface area contributed by atoms with Crippen molar-refractivity contribution in [1.82, 2.24) is 19.4 Å². The first kappa shape index (κ1) is 32.2. The summed E-state index contributed by atoms with van der Waals surface area (Å²) >= 11 is 0. The maximum Gasteiger partial charge on any atom is 0.137 e. The highest BCUT2D eigenvalue weighted by Crippen LogP contribution is 2.39. The Balaban J connectivity index is 1.13. The zero-order chi connectivity index (χ0) is 36.6. The summed E-state index contributed by atoms with van der Waals surface area (Å²) in [6, 6.07) is 70.1. The lowest BCUT2D eigenvalue weighted by atomic mass is 9.91. The van der Waals surface area contributed by atoms with Crippen LogP contribution in [0.5, 0.6) is 0 Å². The fraction of sp³-hybridized carbons (Fsp3) is 0. The van der Waals surface area contributed by atoms with Gasteiger partial charge in [0.2, 0.25) is 0 Å². The Morgan fingerprint density at radius 1 is 0.273 bits per heavy atom. The molecule has 4 nitrogen and oxygen atoms in total. The number of pyridine rings is 1. The minimum Gasteiger partial charge on any atom is -0.299 e. The quantitative estimate of drug-likeness (QED) is 0.166. The molecule has 0 spiro atoms. The second-order valence-corrected chi connectivity index (χ2v) is 13.7. The van der Waals surface area contributed by atoms with Crippen LogP contribution < -0.4 is 0 Å². The molecule has 0 N–H and O–H groups in total. The van der Waals surface area contributed by atoms with Gasteiger partial charge in [0.05, 0.1) is 33.8 Å². The molecular weight excluding hydrogens is 669 g/mol. The molecule has 0 aliphatic carbocycles. The van der Waals surface area contributed by atoms with Crippen LogP contribution >= 0.6 is 0 Å². The lowest BCUT2D eigenvalue weighted by molar-refractivity contribution is 1.19. The van der Waals surface area contributed by atoms with Crippen LogP contribution in [0.4, 0.5) is 0 Å². The minimum absolute atomic E-state index is 0.862. The van der Waals surface area contributed by atoms with Crippen molar-refractivity contribution in [2.75, 3.05) is 0 Å². The number of hydrogen-bond acceptors (Lipinski definition) is 3. The summed E-state index contributed by atoms with van der Waals surface area (Å²) in [5.74, 6) is 0. The van der Waals surface area contributed by atoms with E-state index in [-0.39, 0.29) is 0 Å². The van der Waals surface area contributed by atoms with Crippen molar-refractivity contribution >= 4 is 16.7 Å². The maximum absolute atomic E-state index is 5.20. The summed E-state index contributed by atoms with van der Waals surface area (Å²) in [6.45, 7) is 0. The largest absolute Gasteiger partial charge is 0.299 e. The second kappa shape index (κ2) is 13.8. The van der Waals surface area contributed by atoms with Gasteiger partial charge in [0.15, 0.2) is 0 Å². The van der Waals surface area contributed by atoms with E-state index in [9.17, 15) is 0 Å². The van der Waals surface area contributed by atoms with Crippen LogP contribution in [0.1, 0.15) is 0 Å². The molecule has 0 radical (unpaired) electrons. The maximum atomic E-state index is 5.20. The van der Waals surface area contributed by atoms with Crippen molar-refractivity contribution < 1.29 is 0 Å². The smallest absolute Gasteiger partial charge is 0.137 e. The Hall–Kier alpha value is -7.43. The molecule has 0 aliphatic heterocycles. The molecule has 0 aliphatic rings. The number of benzene rings is 7. The highest BCUT2D eigenvalue weighted by molar-refractivity contribution is 5.89. The number of imidazole rings is 1. The molecule has 10 aromatic rings. The van der Waals surface area contributed by atoms with Gasteiger partial charge in [-0.15, -0.1) is 0 Å². The predicted octanol–water partition coefficient (Wildman–Crippen LogP) is 12.9. The molecule has 3 heterocycles. The van der Waals surface area contributed by atoms with E-state index in [1.54, 1.807) is 0 Å². The number of rotatable bonds is 7. The average molecular weight is 703 g/mol. The third kappa shape index (κ3) is 6.16. The Morgan fingerprint density at radius 2 is 0.691 bits per heavy atom. The fourth-order valence-corrected chi connectivity index (χ4v) is 7.52. The van der Waals surface area contributed by atoms with Crippen LogP contribution in [0.25, 0.3) is 95.1 Å². The lowest BCUT2D eigenvalue weighted by Gasteiger charge is -2.14. The van der Waals surface area contributed by atoms with Gasteiger partial charge in [-0.05, 0) is 88.0 Å². The van der Waals surface area contributed by atoms with Crippen LogP contribution in [0.3, 0.4) is 0 Å². The molecule has 4 heteroatoms. The van der Waals surface area contributed by atoms with Crippen LogP contribution in [0.2, 0.25) is 0 Å². The zero-order valence-electron chi connectivity index (χ0n) is 29.9. The van der Waals surface area contributed by atoms with Gasteiger partial charge < -0.3 is 0 Å². The molecule has 0 bridgehead atoms. The van der Waals surface area contributed by atoms with E-state index in [0.29, 0.717) is 0 Å². The molecule has 0 fully saturated rings. The summed E-state index contributed by atoms with van der Waals surface area (Å²) in [4.78, 5) is 15.4. The average Bonchev–Trinajstić information content (AvgIpc) is 3.67. The Bertz CT molecular complexity index is 2970. The van der Waals surface area contributed by atoms with Gasteiger partial charge in [-0.25, -0.2) is 15.0 Å². The molecule has 258 valence electrons. The number of nitrogens with zero attached hydrogens (tertiary/aromatic N) is 4. The van der Waals surface area contributed by atoms with E-state index in [2.05, 4.69) is 168 Å². The molecule has 55 heavy (non-hydrogen) atoms. The summed E-state index contributed by atoms with van der Waals surface area (Å²) in [5, 5.41) is 0. The number of hydrogen-bond donors (Lipinski definition) is 0. The molecule has 0 saturated heterocycles. The van der Waals surface area contributed by atoms with E-state index in [1.165, 1.54) is 0 Å². The van der Waals surface area contributed by atoms with Crippen LogP contribution in [-0.2, 0) is 0 Å². The molecule has 0 amide bonds. The SMILES string of the molecule is c1ccc(-c2cc(-c3cccc(-c4nc5ccccc5nc4-c4ccccc4)c3)cc(-c3cccc(-c4c(-c5ccccc5)nc5ccccn45)c3)c2)cc1. The highest BCUT2D eigenvalue weighted by Gasteiger charge is 2.18. The Morgan fingerprint density at radius 3 is 1.31 bits per heavy atom. The van der Waals surface area contributed by atoms with Crippen LogP contribution in [-0.4, -0.2) is 19.4 Å². The summed E-state index contributed by atoms with van der Waals surface area (Å²) < 4.78 is 2.19. The van der Waals surface area contributed by atoms with Gasteiger partial charge in [0, 0.05) is 28.5 Å². The molecule has 0 saturated carbocycles. The fourth-order valence-electron chi connectivity index (χ4n) is 7.52. The molecule has 3 aromatic heterocycles. The van der Waals surface area contributed by atoms with Gasteiger partial charge in [-0.2, -0.15) is 0 Å². The third-order valence-corrected chi connectivity index (χ3v) is 10.2. The highest BCUT2D eigenvalue weighted by atomic mass is 15.0. The third-order valence-electron chi connectivity index (χ3n) is 10.2. The van der Waals surface area contributed by atoms with Gasteiger partial charge in [0.25, 0.3) is 0 Å². The van der Waals surface area contributed by atoms with Crippen molar-refractivity contribution in [1.29, 1.82) is 0 Å². The van der Waals surface area contributed by atoms with Gasteiger partial charge in [-0.1, -0.05) is 146 Å².